The van der Waals surface area contributed by atoms with Gasteiger partial charge in [0.25, 0.3) is 5.91 Å². The van der Waals surface area contributed by atoms with Crippen LogP contribution in [-0.2, 0) is 11.0 Å². The minimum absolute atomic E-state index is 0.0129. The summed E-state index contributed by atoms with van der Waals surface area (Å²) >= 11 is 12.3. The van der Waals surface area contributed by atoms with Crippen LogP contribution < -0.4 is 0 Å². The summed E-state index contributed by atoms with van der Waals surface area (Å²) in [5, 5.41) is 13.2. The molecular weight excluding hydrogens is 572 g/mol. The Bertz CT molecular complexity index is 1320. The van der Waals surface area contributed by atoms with Gasteiger partial charge in [0.2, 0.25) is 0 Å². The van der Waals surface area contributed by atoms with Gasteiger partial charge in [-0.05, 0) is 55.8 Å². The largest absolute Gasteiger partial charge is 0.481 e. The third-order valence-corrected chi connectivity index (χ3v) is 9.75. The van der Waals surface area contributed by atoms with E-state index < -0.39 is 59.6 Å². The first kappa shape index (κ1) is 28.9. The van der Waals surface area contributed by atoms with Gasteiger partial charge in [0, 0.05) is 18.4 Å². The first-order valence-corrected chi connectivity index (χ1v) is 14.0. The molecule has 0 unspecified atom stereocenters. The molecule has 1 N–H and O–H groups in total. The summed E-state index contributed by atoms with van der Waals surface area (Å²) in [5.74, 6) is -2.50. The number of carbonyl (C=O) groups is 3. The van der Waals surface area contributed by atoms with Crippen LogP contribution in [0.4, 0.5) is 13.2 Å². The number of rotatable bonds is 7. The minimum atomic E-state index is -4.90. The number of amides is 1. The molecular formula is C27H29Cl2F3N4O4. The van der Waals surface area contributed by atoms with Gasteiger partial charge in [0.1, 0.15) is 0 Å². The maximum atomic E-state index is 14.5. The Labute approximate surface area is 238 Å². The fourth-order valence-electron chi connectivity index (χ4n) is 6.81. The molecule has 3 atom stereocenters. The van der Waals surface area contributed by atoms with Crippen LogP contribution in [0.15, 0.2) is 18.6 Å². The van der Waals surface area contributed by atoms with Crippen LogP contribution in [0.1, 0.15) is 84.8 Å². The molecule has 8 nitrogen and oxygen atoms in total. The standard InChI is InChI=1S/C27H29Cl2F3N4O4/c1-26(2)17-7-15(8-18(17)26)35(12-21(37)22-19(28)10-33-11-20(22)29)24(38)16-9-34-36(23(16)27(30,31)32)14-5-3-13(4-6-14)25(39)40/h9-11,13-15,17-18H,3-8,12H2,1-2H3,(H,39,40)/t13-,14-,15-,17-,18+. The highest BCUT2D eigenvalue weighted by molar-refractivity contribution is 6.39. The van der Waals surface area contributed by atoms with Crippen LogP contribution in [-0.4, -0.2) is 55.0 Å². The van der Waals surface area contributed by atoms with Crippen LogP contribution in [0, 0.1) is 23.2 Å². The summed E-state index contributed by atoms with van der Waals surface area (Å²) in [6.07, 6.45) is 0.457. The van der Waals surface area contributed by atoms with Crippen LogP contribution in [0.3, 0.4) is 0 Å². The zero-order valence-corrected chi connectivity index (χ0v) is 23.4. The van der Waals surface area contributed by atoms with Gasteiger partial charge in [-0.1, -0.05) is 37.0 Å². The number of carboxylic acids is 1. The zero-order chi connectivity index (χ0) is 29.1. The summed E-state index contributed by atoms with van der Waals surface area (Å²) < 4.78 is 44.2. The summed E-state index contributed by atoms with van der Waals surface area (Å²) in [4.78, 5) is 43.6. The van der Waals surface area contributed by atoms with Crippen molar-refractivity contribution in [3.05, 3.63) is 45.5 Å². The first-order chi connectivity index (χ1) is 18.7. The lowest BCUT2D eigenvalue weighted by molar-refractivity contribution is -0.147. The monoisotopic (exact) mass is 600 g/mol. The van der Waals surface area contributed by atoms with Crippen LogP contribution in [0.25, 0.3) is 0 Å². The van der Waals surface area contributed by atoms with Crippen LogP contribution in [0.2, 0.25) is 10.0 Å². The Hall–Kier alpha value is -2.66. The van der Waals surface area contributed by atoms with Gasteiger partial charge in [-0.3, -0.25) is 24.0 Å². The molecule has 0 saturated heterocycles. The maximum absolute atomic E-state index is 14.5. The number of aromatic nitrogens is 3. The van der Waals surface area contributed by atoms with Crippen molar-refractivity contribution in [3.8, 4) is 0 Å². The number of carbonyl (C=O) groups excluding carboxylic acids is 2. The highest BCUT2D eigenvalue weighted by Gasteiger charge is 2.63. The molecule has 3 saturated carbocycles. The molecule has 0 radical (unpaired) electrons. The molecule has 0 bridgehead atoms. The van der Waals surface area contributed by atoms with E-state index in [4.69, 9.17) is 23.2 Å². The quantitative estimate of drug-likeness (QED) is 0.380. The Morgan fingerprint density at radius 1 is 1.05 bits per heavy atom. The molecule has 2 aromatic rings. The predicted molar refractivity (Wildman–Crippen MR) is 139 cm³/mol. The number of ketones is 1. The van der Waals surface area contributed by atoms with E-state index in [1.165, 1.54) is 17.3 Å². The number of halogens is 5. The van der Waals surface area contributed by atoms with E-state index in [9.17, 15) is 32.7 Å². The fourth-order valence-corrected chi connectivity index (χ4v) is 7.38. The number of hydrogen-bond acceptors (Lipinski definition) is 5. The smallest absolute Gasteiger partial charge is 0.433 e. The van der Waals surface area contributed by atoms with E-state index in [0.29, 0.717) is 24.7 Å². The highest BCUT2D eigenvalue weighted by Crippen LogP contribution is 2.67. The molecule has 3 aliphatic carbocycles. The molecule has 5 rings (SSSR count). The van der Waals surface area contributed by atoms with E-state index in [1.807, 2.05) is 0 Å². The van der Waals surface area contributed by atoms with Crippen molar-refractivity contribution < 1.29 is 32.7 Å². The second-order valence-corrected chi connectivity index (χ2v) is 12.5. The molecule has 0 aliphatic heterocycles. The summed E-state index contributed by atoms with van der Waals surface area (Å²) in [6.45, 7) is 3.74. The highest BCUT2D eigenvalue weighted by atomic mass is 35.5. The third-order valence-electron chi connectivity index (χ3n) is 9.17. The van der Waals surface area contributed by atoms with Gasteiger partial charge < -0.3 is 10.0 Å². The maximum Gasteiger partial charge on any atom is 0.433 e. The molecule has 1 amide bonds. The SMILES string of the molecule is CC1(C)[C@@H]2C[C@@H](N(CC(=O)c3c(Cl)cncc3Cl)C(=O)c3cnn([C@H]4CC[C@H](C(=O)O)CC4)c3C(F)(F)F)C[C@@H]21. The van der Waals surface area contributed by atoms with E-state index in [2.05, 4.69) is 23.9 Å². The van der Waals surface area contributed by atoms with Crippen LogP contribution in [0.5, 0.6) is 0 Å². The number of nitrogens with zero attached hydrogens (tertiary/aromatic N) is 4. The van der Waals surface area contributed by atoms with Crippen molar-refractivity contribution in [2.45, 2.75) is 70.6 Å². The lowest BCUT2D eigenvalue weighted by Crippen LogP contribution is -2.44. The molecule has 3 fully saturated rings. The van der Waals surface area contributed by atoms with Crippen molar-refractivity contribution in [1.29, 1.82) is 0 Å². The van der Waals surface area contributed by atoms with E-state index >= 15 is 0 Å². The van der Waals surface area contributed by atoms with E-state index in [0.717, 1.165) is 10.9 Å². The van der Waals surface area contributed by atoms with Gasteiger partial charge in [-0.2, -0.15) is 18.3 Å². The second-order valence-electron chi connectivity index (χ2n) is 11.7. The normalized spacial score (nSPS) is 27.2. The third kappa shape index (κ3) is 5.11. The molecule has 3 aliphatic rings. The Balaban J connectivity index is 1.47. The van der Waals surface area contributed by atoms with Crippen molar-refractivity contribution >= 4 is 40.9 Å². The van der Waals surface area contributed by atoms with Crippen molar-refractivity contribution in [2.24, 2.45) is 23.2 Å². The van der Waals surface area contributed by atoms with Gasteiger partial charge >= 0.3 is 12.1 Å². The molecule has 0 spiro atoms. The fraction of sp³-hybridized carbons (Fsp3) is 0.593. The summed E-state index contributed by atoms with van der Waals surface area (Å²) in [5.41, 5.74) is -1.77. The topological polar surface area (TPSA) is 105 Å². The molecule has 13 heteroatoms. The number of hydrogen-bond donors (Lipinski definition) is 1. The zero-order valence-electron chi connectivity index (χ0n) is 21.9. The lowest BCUT2D eigenvalue weighted by Gasteiger charge is -2.32. The van der Waals surface area contributed by atoms with Gasteiger partial charge in [0.15, 0.2) is 11.5 Å². The Morgan fingerprint density at radius 2 is 1.62 bits per heavy atom. The number of aliphatic carboxylic acids is 1. The molecule has 0 aromatic carbocycles. The van der Waals surface area contributed by atoms with Crippen molar-refractivity contribution in [1.82, 2.24) is 19.7 Å². The average molecular weight is 601 g/mol. The predicted octanol–water partition coefficient (Wildman–Crippen LogP) is 6.18. The number of fused-ring (bicyclic) bond motifs is 1. The lowest BCUT2D eigenvalue weighted by atomic mass is 9.86. The van der Waals surface area contributed by atoms with E-state index in [-0.39, 0.29) is 46.7 Å². The number of alkyl halides is 3. The van der Waals surface area contributed by atoms with Crippen molar-refractivity contribution in [2.75, 3.05) is 6.54 Å². The molecule has 216 valence electrons. The van der Waals surface area contributed by atoms with Crippen LogP contribution >= 0.6 is 23.2 Å². The van der Waals surface area contributed by atoms with Crippen molar-refractivity contribution in [3.63, 3.8) is 0 Å². The summed E-state index contributed by atoms with van der Waals surface area (Å²) in [6, 6.07) is -1.13. The minimum Gasteiger partial charge on any atom is -0.481 e. The van der Waals surface area contributed by atoms with Gasteiger partial charge in [0.05, 0.1) is 45.9 Å². The number of carboxylic acid groups (broad SMARTS) is 1. The average Bonchev–Trinajstić information content (AvgIpc) is 3.31. The van der Waals surface area contributed by atoms with E-state index in [1.54, 1.807) is 0 Å². The van der Waals surface area contributed by atoms with Gasteiger partial charge in [-0.15, -0.1) is 0 Å². The molecule has 2 aromatic heterocycles. The Morgan fingerprint density at radius 3 is 2.15 bits per heavy atom. The van der Waals surface area contributed by atoms with Gasteiger partial charge in [-0.25, -0.2) is 0 Å². The molecule has 2 heterocycles. The second kappa shape index (κ2) is 10.3. The Kier molecular flexibility index (Phi) is 7.44. The summed E-state index contributed by atoms with van der Waals surface area (Å²) in [7, 11) is 0. The first-order valence-electron chi connectivity index (χ1n) is 13.2. The number of pyridine rings is 1. The number of Topliss-reactive ketones (excluding diaryl/α,β-unsaturated/α-hetero) is 1. The molecule has 40 heavy (non-hydrogen) atoms.